The summed E-state index contributed by atoms with van der Waals surface area (Å²) in [5, 5.41) is -0.254. The second-order valence-electron chi connectivity index (χ2n) is 6.62. The maximum Gasteiger partial charge on any atom is 0.244 e. The second-order valence-corrected chi connectivity index (χ2v) is 10.6. The SMILES string of the molecule is COc1ccc(C2SCCN2S(=O)(=O)c2ccc(-c3ccccc3)cc2)cc1Br. The van der Waals surface area contributed by atoms with Crippen LogP contribution >= 0.6 is 27.7 Å². The number of hydrogen-bond acceptors (Lipinski definition) is 4. The average molecular weight is 490 g/mol. The molecule has 4 nitrogen and oxygen atoms in total. The van der Waals surface area contributed by atoms with Crippen LogP contribution in [0.4, 0.5) is 0 Å². The molecule has 29 heavy (non-hydrogen) atoms. The fraction of sp³-hybridized carbons (Fsp3) is 0.182. The summed E-state index contributed by atoms with van der Waals surface area (Å²) in [7, 11) is -1.99. The maximum atomic E-state index is 13.4. The molecule has 0 aromatic heterocycles. The van der Waals surface area contributed by atoms with Crippen molar-refractivity contribution in [3.63, 3.8) is 0 Å². The Labute approximate surface area is 184 Å². The Morgan fingerprint density at radius 3 is 2.34 bits per heavy atom. The van der Waals surface area contributed by atoms with E-state index in [1.807, 2.05) is 60.7 Å². The van der Waals surface area contributed by atoms with Crippen LogP contribution in [0, 0.1) is 0 Å². The van der Waals surface area contributed by atoms with Gasteiger partial charge in [0.05, 0.1) is 21.9 Å². The van der Waals surface area contributed by atoms with Crippen LogP contribution in [0.15, 0.2) is 82.2 Å². The number of methoxy groups -OCH3 is 1. The van der Waals surface area contributed by atoms with Crippen molar-refractivity contribution in [1.29, 1.82) is 0 Å². The summed E-state index contributed by atoms with van der Waals surface area (Å²) in [5.74, 6) is 1.48. The first-order valence-corrected chi connectivity index (χ1v) is 12.4. The molecule has 0 aliphatic carbocycles. The molecule has 7 heteroatoms. The molecule has 1 saturated heterocycles. The normalized spacial score (nSPS) is 17.4. The van der Waals surface area contributed by atoms with E-state index in [1.54, 1.807) is 35.3 Å². The van der Waals surface area contributed by atoms with E-state index in [-0.39, 0.29) is 5.37 Å². The van der Waals surface area contributed by atoms with Gasteiger partial charge in [0.2, 0.25) is 10.0 Å². The quantitative estimate of drug-likeness (QED) is 0.470. The van der Waals surface area contributed by atoms with Gasteiger partial charge in [-0.25, -0.2) is 8.42 Å². The largest absolute Gasteiger partial charge is 0.496 e. The fourth-order valence-electron chi connectivity index (χ4n) is 3.38. The topological polar surface area (TPSA) is 46.6 Å². The van der Waals surface area contributed by atoms with Gasteiger partial charge in [-0.05, 0) is 56.9 Å². The van der Waals surface area contributed by atoms with Crippen molar-refractivity contribution < 1.29 is 13.2 Å². The monoisotopic (exact) mass is 489 g/mol. The molecular formula is C22H20BrNO3S2. The third-order valence-electron chi connectivity index (χ3n) is 4.88. The molecule has 1 unspecified atom stereocenters. The van der Waals surface area contributed by atoms with Gasteiger partial charge < -0.3 is 4.74 Å². The molecule has 1 fully saturated rings. The Hall–Kier alpha value is -1.80. The number of nitrogens with zero attached hydrogens (tertiary/aromatic N) is 1. The van der Waals surface area contributed by atoms with E-state index < -0.39 is 10.0 Å². The van der Waals surface area contributed by atoms with Gasteiger partial charge in [0.15, 0.2) is 0 Å². The zero-order valence-corrected chi connectivity index (χ0v) is 19.0. The minimum absolute atomic E-state index is 0.254. The first kappa shape index (κ1) is 20.5. The molecule has 0 N–H and O–H groups in total. The van der Waals surface area contributed by atoms with Crippen LogP contribution in [0.3, 0.4) is 0 Å². The van der Waals surface area contributed by atoms with Gasteiger partial charge >= 0.3 is 0 Å². The summed E-state index contributed by atoms with van der Waals surface area (Å²) in [6, 6.07) is 22.8. The van der Waals surface area contributed by atoms with Crippen LogP contribution < -0.4 is 4.74 Å². The summed E-state index contributed by atoms with van der Waals surface area (Å²) >= 11 is 5.13. The standard InChI is InChI=1S/C22H20BrNO3S2/c1-27-21-12-9-18(15-20(21)23)22-24(13-14-28-22)29(25,26)19-10-7-17(8-11-19)16-5-3-2-4-6-16/h2-12,15,22H,13-14H2,1H3. The summed E-state index contributed by atoms with van der Waals surface area (Å²) in [5.41, 5.74) is 3.00. The summed E-state index contributed by atoms with van der Waals surface area (Å²) in [6.45, 7) is 0.488. The van der Waals surface area contributed by atoms with Crippen molar-refractivity contribution in [2.45, 2.75) is 10.3 Å². The Balaban J connectivity index is 1.63. The molecule has 0 saturated carbocycles. The number of rotatable bonds is 5. The van der Waals surface area contributed by atoms with E-state index in [1.165, 1.54) is 0 Å². The van der Waals surface area contributed by atoms with Gasteiger partial charge in [0.1, 0.15) is 5.75 Å². The lowest BCUT2D eigenvalue weighted by Crippen LogP contribution is -2.30. The lowest BCUT2D eigenvalue weighted by Gasteiger charge is -2.24. The molecule has 3 aromatic rings. The van der Waals surface area contributed by atoms with E-state index in [4.69, 9.17) is 4.74 Å². The number of halogens is 1. The predicted molar refractivity (Wildman–Crippen MR) is 122 cm³/mol. The number of ether oxygens (including phenoxy) is 1. The molecule has 0 amide bonds. The summed E-state index contributed by atoms with van der Waals surface area (Å²) in [6.07, 6.45) is 0. The number of thioether (sulfide) groups is 1. The van der Waals surface area contributed by atoms with Crippen molar-refractivity contribution in [2.75, 3.05) is 19.4 Å². The van der Waals surface area contributed by atoms with E-state index in [9.17, 15) is 8.42 Å². The molecule has 0 radical (unpaired) electrons. The van der Waals surface area contributed by atoms with E-state index in [2.05, 4.69) is 15.9 Å². The third kappa shape index (κ3) is 4.10. The van der Waals surface area contributed by atoms with Gasteiger partial charge in [-0.15, -0.1) is 11.8 Å². The number of benzene rings is 3. The number of hydrogen-bond donors (Lipinski definition) is 0. The highest BCUT2D eigenvalue weighted by Gasteiger charge is 2.37. The fourth-order valence-corrected chi connectivity index (χ4v) is 7.17. The molecule has 3 aromatic carbocycles. The zero-order chi connectivity index (χ0) is 20.4. The Bertz CT molecular complexity index is 1100. The Kier molecular flexibility index (Phi) is 6.01. The summed E-state index contributed by atoms with van der Waals surface area (Å²) in [4.78, 5) is 0.317. The predicted octanol–water partition coefficient (Wildman–Crippen LogP) is 5.56. The molecule has 4 rings (SSSR count). The van der Waals surface area contributed by atoms with Gasteiger partial charge in [-0.2, -0.15) is 4.31 Å². The van der Waals surface area contributed by atoms with Crippen molar-refractivity contribution >= 4 is 37.7 Å². The van der Waals surface area contributed by atoms with Gasteiger partial charge in [0.25, 0.3) is 0 Å². The highest BCUT2D eigenvalue weighted by atomic mass is 79.9. The van der Waals surface area contributed by atoms with Gasteiger partial charge in [0, 0.05) is 12.3 Å². The third-order valence-corrected chi connectivity index (χ3v) is 8.77. The Morgan fingerprint density at radius 1 is 1.00 bits per heavy atom. The first-order valence-electron chi connectivity index (χ1n) is 9.13. The second kappa shape index (κ2) is 8.52. The lowest BCUT2D eigenvalue weighted by atomic mass is 10.1. The van der Waals surface area contributed by atoms with Gasteiger partial charge in [-0.3, -0.25) is 0 Å². The molecular weight excluding hydrogens is 470 g/mol. The van der Waals surface area contributed by atoms with Crippen LogP contribution in [-0.4, -0.2) is 32.1 Å². The van der Waals surface area contributed by atoms with E-state index >= 15 is 0 Å². The lowest BCUT2D eigenvalue weighted by molar-refractivity contribution is 0.410. The first-order chi connectivity index (χ1) is 14.0. The van der Waals surface area contributed by atoms with Crippen molar-refractivity contribution in [1.82, 2.24) is 4.31 Å². The average Bonchev–Trinajstić information content (AvgIpc) is 3.25. The minimum atomic E-state index is -3.60. The highest BCUT2D eigenvalue weighted by molar-refractivity contribution is 9.10. The highest BCUT2D eigenvalue weighted by Crippen LogP contribution is 2.43. The minimum Gasteiger partial charge on any atom is -0.496 e. The van der Waals surface area contributed by atoms with Crippen LogP contribution in [0.2, 0.25) is 0 Å². The van der Waals surface area contributed by atoms with Gasteiger partial charge in [-0.1, -0.05) is 48.5 Å². The van der Waals surface area contributed by atoms with Crippen LogP contribution in [0.1, 0.15) is 10.9 Å². The Morgan fingerprint density at radius 2 is 1.69 bits per heavy atom. The van der Waals surface area contributed by atoms with E-state index in [0.717, 1.165) is 32.7 Å². The number of sulfonamides is 1. The van der Waals surface area contributed by atoms with E-state index in [0.29, 0.717) is 11.4 Å². The van der Waals surface area contributed by atoms with Crippen molar-refractivity contribution in [2.24, 2.45) is 0 Å². The zero-order valence-electron chi connectivity index (χ0n) is 15.8. The molecule has 1 aliphatic rings. The smallest absolute Gasteiger partial charge is 0.244 e. The molecule has 150 valence electrons. The maximum absolute atomic E-state index is 13.4. The van der Waals surface area contributed by atoms with Crippen LogP contribution in [0.25, 0.3) is 11.1 Å². The van der Waals surface area contributed by atoms with Crippen LogP contribution in [0.5, 0.6) is 5.75 Å². The van der Waals surface area contributed by atoms with Crippen molar-refractivity contribution in [3.8, 4) is 16.9 Å². The summed E-state index contributed by atoms with van der Waals surface area (Å²) < 4.78 is 34.4. The molecule has 0 bridgehead atoms. The molecule has 0 spiro atoms. The molecule has 1 heterocycles. The van der Waals surface area contributed by atoms with Crippen LogP contribution in [-0.2, 0) is 10.0 Å². The molecule has 1 atom stereocenters. The van der Waals surface area contributed by atoms with Crippen molar-refractivity contribution in [3.05, 3.63) is 82.8 Å². The molecule has 1 aliphatic heterocycles.